The minimum absolute atomic E-state index is 0.00292. The molecule has 0 unspecified atom stereocenters. The number of nitrogens with one attached hydrogen (secondary N) is 1. The highest BCUT2D eigenvalue weighted by molar-refractivity contribution is 7.93. The standard InChI is InChI=1S/C20H26N2O4S2/c1-14-17(16-7-5-4-6-8-16)21-19(27-14)22-18(23)20(2,3)28(24,25)13-15-9-11-26-12-10-15/h4-8,15H,9-13H2,1-3H3,(H,21,22,23). The van der Waals surface area contributed by atoms with E-state index in [0.717, 1.165) is 16.1 Å². The van der Waals surface area contributed by atoms with E-state index in [9.17, 15) is 13.2 Å². The van der Waals surface area contributed by atoms with Crippen LogP contribution in [-0.2, 0) is 19.4 Å². The number of anilines is 1. The fourth-order valence-electron chi connectivity index (χ4n) is 3.13. The van der Waals surface area contributed by atoms with Gasteiger partial charge in [-0.05, 0) is 39.5 Å². The molecule has 0 spiro atoms. The molecule has 2 heterocycles. The van der Waals surface area contributed by atoms with Crippen LogP contribution in [0.15, 0.2) is 30.3 Å². The van der Waals surface area contributed by atoms with Gasteiger partial charge in [0.2, 0.25) is 5.91 Å². The Morgan fingerprint density at radius 2 is 1.89 bits per heavy atom. The fraction of sp³-hybridized carbons (Fsp3) is 0.500. The molecule has 1 aliphatic rings. The number of benzene rings is 1. The zero-order valence-corrected chi connectivity index (χ0v) is 18.0. The van der Waals surface area contributed by atoms with Crippen LogP contribution in [0.4, 0.5) is 5.13 Å². The molecule has 1 aliphatic heterocycles. The van der Waals surface area contributed by atoms with Crippen LogP contribution >= 0.6 is 11.3 Å². The van der Waals surface area contributed by atoms with E-state index in [1.165, 1.54) is 25.2 Å². The number of carbonyl (C=O) groups excluding carboxylic acids is 1. The van der Waals surface area contributed by atoms with Gasteiger partial charge in [-0.2, -0.15) is 0 Å². The summed E-state index contributed by atoms with van der Waals surface area (Å²) < 4.78 is 29.6. The quantitative estimate of drug-likeness (QED) is 0.768. The number of aryl methyl sites for hydroxylation is 1. The third-order valence-corrected chi connectivity index (χ3v) is 8.72. The Morgan fingerprint density at radius 1 is 1.25 bits per heavy atom. The van der Waals surface area contributed by atoms with E-state index < -0.39 is 20.5 Å². The fourth-order valence-corrected chi connectivity index (χ4v) is 5.67. The highest BCUT2D eigenvalue weighted by Crippen LogP contribution is 2.32. The van der Waals surface area contributed by atoms with Crippen molar-refractivity contribution in [2.75, 3.05) is 24.3 Å². The number of ether oxygens (including phenoxy) is 1. The average Bonchev–Trinajstić information content (AvgIpc) is 3.03. The Balaban J connectivity index is 1.74. The van der Waals surface area contributed by atoms with Crippen molar-refractivity contribution < 1.29 is 17.9 Å². The lowest BCUT2D eigenvalue weighted by molar-refractivity contribution is -0.117. The third kappa shape index (κ3) is 4.45. The Bertz CT molecular complexity index is 930. The number of hydrogen-bond donors (Lipinski definition) is 1. The second-order valence-corrected chi connectivity index (χ2v) is 11.4. The molecule has 2 aromatic rings. The first-order chi connectivity index (χ1) is 13.2. The molecule has 1 fully saturated rings. The Labute approximate surface area is 170 Å². The van der Waals surface area contributed by atoms with E-state index in [1.54, 1.807) is 0 Å². The molecular weight excluding hydrogens is 396 g/mol. The van der Waals surface area contributed by atoms with Crippen molar-refractivity contribution in [2.24, 2.45) is 5.92 Å². The van der Waals surface area contributed by atoms with Crippen molar-refractivity contribution in [3.8, 4) is 11.3 Å². The van der Waals surface area contributed by atoms with Crippen LogP contribution in [0.5, 0.6) is 0 Å². The number of thiazole rings is 1. The number of nitrogens with zero attached hydrogens (tertiary/aromatic N) is 1. The maximum Gasteiger partial charge on any atom is 0.247 e. The number of amides is 1. The van der Waals surface area contributed by atoms with Crippen LogP contribution < -0.4 is 5.32 Å². The van der Waals surface area contributed by atoms with Crippen molar-refractivity contribution in [3.63, 3.8) is 0 Å². The van der Waals surface area contributed by atoms with Crippen molar-refractivity contribution in [1.29, 1.82) is 0 Å². The molecule has 1 amide bonds. The van der Waals surface area contributed by atoms with E-state index in [0.29, 0.717) is 31.2 Å². The van der Waals surface area contributed by atoms with Gasteiger partial charge in [-0.15, -0.1) is 11.3 Å². The average molecular weight is 423 g/mol. The minimum atomic E-state index is -3.63. The summed E-state index contributed by atoms with van der Waals surface area (Å²) in [5.41, 5.74) is 1.76. The van der Waals surface area contributed by atoms with Crippen LogP contribution in [0, 0.1) is 12.8 Å². The van der Waals surface area contributed by atoms with Crippen LogP contribution in [0.3, 0.4) is 0 Å². The van der Waals surface area contributed by atoms with Crippen molar-refractivity contribution in [2.45, 2.75) is 38.4 Å². The summed E-state index contributed by atoms with van der Waals surface area (Å²) in [7, 11) is -3.63. The van der Waals surface area contributed by atoms with Gasteiger partial charge in [-0.3, -0.25) is 4.79 Å². The zero-order chi connectivity index (χ0) is 20.4. The predicted molar refractivity (Wildman–Crippen MR) is 112 cm³/mol. The van der Waals surface area contributed by atoms with Gasteiger partial charge in [0.15, 0.2) is 15.0 Å². The van der Waals surface area contributed by atoms with Crippen LogP contribution in [0.25, 0.3) is 11.3 Å². The lowest BCUT2D eigenvalue weighted by atomic mass is 10.0. The molecule has 6 nitrogen and oxygen atoms in total. The summed E-state index contributed by atoms with van der Waals surface area (Å²) in [6.07, 6.45) is 1.42. The minimum Gasteiger partial charge on any atom is -0.381 e. The molecule has 1 aromatic heterocycles. The van der Waals surface area contributed by atoms with Gasteiger partial charge in [0.05, 0.1) is 11.4 Å². The summed E-state index contributed by atoms with van der Waals surface area (Å²) in [6.45, 7) is 6.02. The molecule has 3 rings (SSSR count). The van der Waals surface area contributed by atoms with E-state index >= 15 is 0 Å². The number of sulfone groups is 1. The van der Waals surface area contributed by atoms with Gasteiger partial charge in [0, 0.05) is 23.7 Å². The highest BCUT2D eigenvalue weighted by atomic mass is 32.2. The van der Waals surface area contributed by atoms with Gasteiger partial charge in [-0.25, -0.2) is 13.4 Å². The molecule has 152 valence electrons. The van der Waals surface area contributed by atoms with Crippen molar-refractivity contribution in [3.05, 3.63) is 35.2 Å². The summed E-state index contributed by atoms with van der Waals surface area (Å²) in [5.74, 6) is -0.506. The van der Waals surface area contributed by atoms with Crippen molar-refractivity contribution in [1.82, 2.24) is 4.98 Å². The van der Waals surface area contributed by atoms with E-state index in [-0.39, 0.29) is 11.7 Å². The second-order valence-electron chi connectivity index (χ2n) is 7.59. The molecule has 1 aromatic carbocycles. The number of aromatic nitrogens is 1. The molecule has 0 atom stereocenters. The van der Waals surface area contributed by atoms with Crippen molar-refractivity contribution >= 4 is 32.2 Å². The SMILES string of the molecule is Cc1sc(NC(=O)C(C)(C)S(=O)(=O)CC2CCOCC2)nc1-c1ccccc1. The van der Waals surface area contributed by atoms with Gasteiger partial charge >= 0.3 is 0 Å². The van der Waals surface area contributed by atoms with Crippen LogP contribution in [0.2, 0.25) is 0 Å². The van der Waals surface area contributed by atoms with Gasteiger partial charge in [-0.1, -0.05) is 30.3 Å². The summed E-state index contributed by atoms with van der Waals surface area (Å²) >= 11 is 1.35. The Kier molecular flexibility index (Phi) is 6.21. The number of carbonyl (C=O) groups is 1. The van der Waals surface area contributed by atoms with E-state index in [4.69, 9.17) is 4.74 Å². The second kappa shape index (κ2) is 8.31. The molecule has 0 aliphatic carbocycles. The molecule has 1 N–H and O–H groups in total. The predicted octanol–water partition coefficient (Wildman–Crippen LogP) is 3.68. The first-order valence-corrected chi connectivity index (χ1v) is 11.8. The Hall–Kier alpha value is -1.77. The smallest absolute Gasteiger partial charge is 0.247 e. The van der Waals surface area contributed by atoms with E-state index in [1.807, 2.05) is 37.3 Å². The number of rotatable bonds is 6. The third-order valence-electron chi connectivity index (χ3n) is 5.18. The van der Waals surface area contributed by atoms with Crippen LogP contribution in [0.1, 0.15) is 31.6 Å². The van der Waals surface area contributed by atoms with Gasteiger partial charge < -0.3 is 10.1 Å². The van der Waals surface area contributed by atoms with Crippen LogP contribution in [-0.4, -0.2) is 43.0 Å². The highest BCUT2D eigenvalue weighted by Gasteiger charge is 2.43. The molecule has 0 radical (unpaired) electrons. The molecule has 0 bridgehead atoms. The molecular formula is C20H26N2O4S2. The molecule has 0 saturated carbocycles. The Morgan fingerprint density at radius 3 is 2.54 bits per heavy atom. The summed E-state index contributed by atoms with van der Waals surface area (Å²) in [5, 5.41) is 3.13. The number of hydrogen-bond acceptors (Lipinski definition) is 6. The maximum absolute atomic E-state index is 12.9. The van der Waals surface area contributed by atoms with E-state index in [2.05, 4.69) is 10.3 Å². The lowest BCUT2D eigenvalue weighted by Gasteiger charge is -2.28. The summed E-state index contributed by atoms with van der Waals surface area (Å²) in [4.78, 5) is 18.3. The maximum atomic E-state index is 12.9. The lowest BCUT2D eigenvalue weighted by Crippen LogP contribution is -2.47. The normalized spacial score (nSPS) is 16.1. The zero-order valence-electron chi connectivity index (χ0n) is 16.4. The first kappa shape index (κ1) is 21.0. The van der Waals surface area contributed by atoms with Gasteiger partial charge in [0.1, 0.15) is 4.75 Å². The molecule has 28 heavy (non-hydrogen) atoms. The van der Waals surface area contributed by atoms with Gasteiger partial charge in [0.25, 0.3) is 0 Å². The molecule has 8 heteroatoms. The topological polar surface area (TPSA) is 85.4 Å². The molecule has 1 saturated heterocycles. The summed E-state index contributed by atoms with van der Waals surface area (Å²) in [6, 6.07) is 9.70. The monoisotopic (exact) mass is 422 g/mol. The first-order valence-electron chi connectivity index (χ1n) is 9.35. The largest absolute Gasteiger partial charge is 0.381 e.